The van der Waals surface area contributed by atoms with E-state index in [4.69, 9.17) is 4.98 Å². The summed E-state index contributed by atoms with van der Waals surface area (Å²) in [5.41, 5.74) is 6.05. The number of nitrogens with zero attached hydrogens (tertiary/aromatic N) is 2. The van der Waals surface area contributed by atoms with Crippen LogP contribution in [0.5, 0.6) is 0 Å². The van der Waals surface area contributed by atoms with E-state index in [0.29, 0.717) is 5.92 Å². The predicted octanol–water partition coefficient (Wildman–Crippen LogP) is 5.71. The van der Waals surface area contributed by atoms with Crippen molar-refractivity contribution in [3.8, 4) is 11.3 Å². The Kier molecular flexibility index (Phi) is 5.37. The van der Waals surface area contributed by atoms with Crippen LogP contribution in [-0.4, -0.2) is 9.38 Å². The van der Waals surface area contributed by atoms with Crippen LogP contribution in [0.15, 0.2) is 48.8 Å². The maximum absolute atomic E-state index is 4.75. The van der Waals surface area contributed by atoms with Gasteiger partial charge in [0.15, 0.2) is 0 Å². The van der Waals surface area contributed by atoms with Crippen LogP contribution in [0, 0.1) is 0 Å². The van der Waals surface area contributed by atoms with Gasteiger partial charge in [-0.3, -0.25) is 0 Å². The summed E-state index contributed by atoms with van der Waals surface area (Å²) in [6.07, 6.45) is 5.41. The van der Waals surface area contributed by atoms with Crippen LogP contribution in [-0.2, 0) is 6.42 Å². The minimum Gasteiger partial charge on any atom is -0.306 e. The summed E-state index contributed by atoms with van der Waals surface area (Å²) >= 11 is 0. The molecule has 22 heavy (non-hydrogen) atoms. The molecule has 2 aromatic heterocycles. The first kappa shape index (κ1) is 16.3. The van der Waals surface area contributed by atoms with E-state index < -0.39 is 0 Å². The SMILES string of the molecule is CC.CCc1cc2nc(-c3ccccc3)cn2cc1C(C)C. The fourth-order valence-electron chi connectivity index (χ4n) is 2.66. The second kappa shape index (κ2) is 7.26. The number of aryl methyl sites for hydroxylation is 1. The monoisotopic (exact) mass is 294 g/mol. The molecule has 0 radical (unpaired) electrons. The molecule has 0 saturated heterocycles. The van der Waals surface area contributed by atoms with Crippen LogP contribution in [0.3, 0.4) is 0 Å². The zero-order chi connectivity index (χ0) is 16.1. The largest absolute Gasteiger partial charge is 0.306 e. The molecule has 1 aromatic carbocycles. The normalized spacial score (nSPS) is 10.6. The third-order valence-corrected chi connectivity index (χ3v) is 3.79. The van der Waals surface area contributed by atoms with Gasteiger partial charge in [0.1, 0.15) is 5.65 Å². The van der Waals surface area contributed by atoms with Crippen molar-refractivity contribution in [2.24, 2.45) is 0 Å². The van der Waals surface area contributed by atoms with E-state index in [1.54, 1.807) is 0 Å². The number of hydrogen-bond acceptors (Lipinski definition) is 1. The molecule has 0 spiro atoms. The summed E-state index contributed by atoms with van der Waals surface area (Å²) in [7, 11) is 0. The summed E-state index contributed by atoms with van der Waals surface area (Å²) in [6.45, 7) is 10.7. The van der Waals surface area contributed by atoms with Gasteiger partial charge in [-0.25, -0.2) is 4.98 Å². The molecule has 116 valence electrons. The molecule has 0 bridgehead atoms. The van der Waals surface area contributed by atoms with Crippen molar-refractivity contribution in [1.82, 2.24) is 9.38 Å². The summed E-state index contributed by atoms with van der Waals surface area (Å²) < 4.78 is 2.15. The van der Waals surface area contributed by atoms with Gasteiger partial charge in [-0.1, -0.05) is 65.0 Å². The molecule has 0 amide bonds. The molecule has 2 nitrogen and oxygen atoms in total. The van der Waals surface area contributed by atoms with Crippen molar-refractivity contribution in [2.45, 2.75) is 47.0 Å². The lowest BCUT2D eigenvalue weighted by Gasteiger charge is -2.11. The molecule has 0 aliphatic carbocycles. The Morgan fingerprint density at radius 2 is 1.73 bits per heavy atom. The molecule has 3 aromatic rings. The Bertz CT molecular complexity index is 724. The van der Waals surface area contributed by atoms with E-state index >= 15 is 0 Å². The first-order valence-electron chi connectivity index (χ1n) is 8.26. The molecule has 0 aliphatic heterocycles. The number of fused-ring (bicyclic) bond motifs is 1. The number of hydrogen-bond donors (Lipinski definition) is 0. The second-order valence-electron chi connectivity index (χ2n) is 5.52. The van der Waals surface area contributed by atoms with E-state index in [1.165, 1.54) is 16.7 Å². The molecule has 0 aliphatic rings. The van der Waals surface area contributed by atoms with Gasteiger partial charge in [-0.15, -0.1) is 0 Å². The zero-order valence-corrected chi connectivity index (χ0v) is 14.3. The van der Waals surface area contributed by atoms with E-state index in [1.807, 2.05) is 19.9 Å². The van der Waals surface area contributed by atoms with Crippen LogP contribution in [0.1, 0.15) is 51.7 Å². The predicted molar refractivity (Wildman–Crippen MR) is 95.4 cm³/mol. The van der Waals surface area contributed by atoms with Crippen LogP contribution in [0.4, 0.5) is 0 Å². The quantitative estimate of drug-likeness (QED) is 0.604. The van der Waals surface area contributed by atoms with Gasteiger partial charge < -0.3 is 4.40 Å². The van der Waals surface area contributed by atoms with Crippen molar-refractivity contribution >= 4 is 5.65 Å². The highest BCUT2D eigenvalue weighted by molar-refractivity contribution is 5.63. The molecule has 0 unspecified atom stereocenters. The van der Waals surface area contributed by atoms with Crippen molar-refractivity contribution in [3.63, 3.8) is 0 Å². The minimum atomic E-state index is 0.539. The lowest BCUT2D eigenvalue weighted by molar-refractivity contribution is 0.831. The van der Waals surface area contributed by atoms with Crippen LogP contribution in [0.25, 0.3) is 16.9 Å². The fourth-order valence-corrected chi connectivity index (χ4v) is 2.66. The number of rotatable bonds is 3. The van der Waals surface area contributed by atoms with E-state index in [0.717, 1.165) is 17.8 Å². The van der Waals surface area contributed by atoms with Gasteiger partial charge in [0.25, 0.3) is 0 Å². The van der Waals surface area contributed by atoms with Gasteiger partial charge in [0.2, 0.25) is 0 Å². The Hall–Kier alpha value is -2.09. The van der Waals surface area contributed by atoms with Gasteiger partial charge in [0, 0.05) is 18.0 Å². The Morgan fingerprint density at radius 3 is 2.32 bits per heavy atom. The van der Waals surface area contributed by atoms with Crippen LogP contribution in [0.2, 0.25) is 0 Å². The maximum Gasteiger partial charge on any atom is 0.137 e. The second-order valence-corrected chi connectivity index (χ2v) is 5.52. The first-order valence-corrected chi connectivity index (χ1v) is 8.26. The third kappa shape index (κ3) is 3.22. The highest BCUT2D eigenvalue weighted by atomic mass is 15.0. The molecule has 0 N–H and O–H groups in total. The van der Waals surface area contributed by atoms with Gasteiger partial charge in [-0.2, -0.15) is 0 Å². The molecule has 0 fully saturated rings. The van der Waals surface area contributed by atoms with Crippen molar-refractivity contribution in [2.75, 3.05) is 0 Å². The minimum absolute atomic E-state index is 0.539. The van der Waals surface area contributed by atoms with Crippen molar-refractivity contribution in [3.05, 3.63) is 59.9 Å². The highest BCUT2D eigenvalue weighted by Gasteiger charge is 2.10. The standard InChI is InChI=1S/C18H20N2.C2H6/c1-4-14-10-18-19-17(15-8-6-5-7-9-15)12-20(18)11-16(14)13(2)3;1-2/h5-13H,4H2,1-3H3;1-2H3. The Balaban J connectivity index is 0.000000847. The van der Waals surface area contributed by atoms with Gasteiger partial charge in [0.05, 0.1) is 5.69 Å². The number of aromatic nitrogens is 2. The molecule has 0 saturated carbocycles. The smallest absolute Gasteiger partial charge is 0.137 e. The maximum atomic E-state index is 4.75. The summed E-state index contributed by atoms with van der Waals surface area (Å²) in [5, 5.41) is 0. The number of imidazole rings is 1. The van der Waals surface area contributed by atoms with E-state index in [2.05, 4.69) is 67.9 Å². The lowest BCUT2D eigenvalue weighted by atomic mass is 9.98. The van der Waals surface area contributed by atoms with Crippen molar-refractivity contribution in [1.29, 1.82) is 0 Å². The Labute approximate surface area is 133 Å². The average Bonchev–Trinajstić information content (AvgIpc) is 2.99. The topological polar surface area (TPSA) is 17.3 Å². The zero-order valence-electron chi connectivity index (χ0n) is 14.3. The van der Waals surface area contributed by atoms with E-state index in [-0.39, 0.29) is 0 Å². The number of pyridine rings is 1. The third-order valence-electron chi connectivity index (χ3n) is 3.79. The van der Waals surface area contributed by atoms with Crippen molar-refractivity contribution < 1.29 is 0 Å². The molecular weight excluding hydrogens is 268 g/mol. The molecule has 2 heterocycles. The number of benzene rings is 1. The summed E-state index contributed by atoms with van der Waals surface area (Å²) in [5.74, 6) is 0.539. The average molecular weight is 294 g/mol. The molecule has 3 rings (SSSR count). The van der Waals surface area contributed by atoms with E-state index in [9.17, 15) is 0 Å². The Morgan fingerprint density at radius 1 is 1.05 bits per heavy atom. The molecule has 2 heteroatoms. The summed E-state index contributed by atoms with van der Waals surface area (Å²) in [4.78, 5) is 4.75. The molecular formula is C20H26N2. The summed E-state index contributed by atoms with van der Waals surface area (Å²) in [6, 6.07) is 12.6. The van der Waals surface area contributed by atoms with Gasteiger partial charge >= 0.3 is 0 Å². The first-order chi connectivity index (χ1) is 10.7. The molecule has 0 atom stereocenters. The van der Waals surface area contributed by atoms with Gasteiger partial charge in [-0.05, 0) is 29.5 Å². The fraction of sp³-hybridized carbons (Fsp3) is 0.350. The van der Waals surface area contributed by atoms with Crippen LogP contribution < -0.4 is 0 Å². The highest BCUT2D eigenvalue weighted by Crippen LogP contribution is 2.24. The lowest BCUT2D eigenvalue weighted by Crippen LogP contribution is -1.98. The van der Waals surface area contributed by atoms with Crippen LogP contribution >= 0.6 is 0 Å².